The molecule has 4 aromatic rings. The van der Waals surface area contributed by atoms with E-state index in [9.17, 15) is 9.59 Å². The third-order valence-corrected chi connectivity index (χ3v) is 5.92. The smallest absolute Gasteiger partial charge is 0.412 e. The van der Waals surface area contributed by atoms with Crippen molar-refractivity contribution in [2.45, 2.75) is 12.5 Å². The van der Waals surface area contributed by atoms with Gasteiger partial charge in [0.05, 0.1) is 37.2 Å². The van der Waals surface area contributed by atoms with Crippen molar-refractivity contribution in [1.82, 2.24) is 14.4 Å². The fraction of sp³-hybridized carbons (Fsp3) is 0.200. The van der Waals surface area contributed by atoms with E-state index in [0.29, 0.717) is 23.6 Å². The molecule has 4 heterocycles. The molecule has 0 saturated carbocycles. The van der Waals surface area contributed by atoms with Gasteiger partial charge in [0, 0.05) is 37.2 Å². The molecule has 2 amide bonds. The number of imidazole rings is 1. The Morgan fingerprint density at radius 3 is 2.65 bits per heavy atom. The summed E-state index contributed by atoms with van der Waals surface area (Å²) in [6.07, 6.45) is 5.27. The molecule has 1 aromatic carbocycles. The van der Waals surface area contributed by atoms with E-state index in [-0.39, 0.29) is 12.0 Å². The van der Waals surface area contributed by atoms with Crippen LogP contribution in [0.4, 0.5) is 16.3 Å². The zero-order valence-electron chi connectivity index (χ0n) is 18.8. The van der Waals surface area contributed by atoms with Gasteiger partial charge in [0.1, 0.15) is 11.5 Å². The molecule has 0 aliphatic carbocycles. The second kappa shape index (κ2) is 8.95. The standard InChI is InChI=1S/C25H23N5O4/c1-33-19-11-16-5-3-4-6-20(16)30(15-19)24(31)18-8-10-23-27-13-21(29(23)14-18)17-7-9-22(26-12-17)28-25(32)34-2/h3-10,12-14,19H,11,15H2,1-2H3,(H,26,28,32). The fourth-order valence-electron chi connectivity index (χ4n) is 4.16. The average molecular weight is 457 g/mol. The van der Waals surface area contributed by atoms with Crippen LogP contribution in [0.3, 0.4) is 0 Å². The molecule has 0 bridgehead atoms. The number of rotatable bonds is 4. The highest BCUT2D eigenvalue weighted by atomic mass is 16.5. The van der Waals surface area contributed by atoms with E-state index in [1.165, 1.54) is 7.11 Å². The number of benzene rings is 1. The number of pyridine rings is 2. The highest BCUT2D eigenvalue weighted by Gasteiger charge is 2.29. The molecular formula is C25H23N5O4. The molecule has 9 heteroatoms. The third-order valence-electron chi connectivity index (χ3n) is 5.92. The first-order valence-electron chi connectivity index (χ1n) is 10.8. The number of ether oxygens (including phenoxy) is 2. The summed E-state index contributed by atoms with van der Waals surface area (Å²) in [6, 6.07) is 15.0. The summed E-state index contributed by atoms with van der Waals surface area (Å²) in [5.74, 6) is 0.267. The van der Waals surface area contributed by atoms with Gasteiger partial charge in [-0.15, -0.1) is 0 Å². The van der Waals surface area contributed by atoms with Crippen LogP contribution >= 0.6 is 0 Å². The Morgan fingerprint density at radius 2 is 1.88 bits per heavy atom. The zero-order valence-corrected chi connectivity index (χ0v) is 18.8. The lowest BCUT2D eigenvalue weighted by molar-refractivity contribution is 0.0870. The molecule has 0 saturated heterocycles. The van der Waals surface area contributed by atoms with E-state index in [1.54, 1.807) is 42.7 Å². The van der Waals surface area contributed by atoms with Gasteiger partial charge >= 0.3 is 6.09 Å². The summed E-state index contributed by atoms with van der Waals surface area (Å²) < 4.78 is 12.0. The van der Waals surface area contributed by atoms with Crippen LogP contribution in [0.2, 0.25) is 0 Å². The van der Waals surface area contributed by atoms with Crippen LogP contribution in [-0.2, 0) is 15.9 Å². The number of nitrogens with one attached hydrogen (secondary N) is 1. The minimum Gasteiger partial charge on any atom is -0.453 e. The van der Waals surface area contributed by atoms with Gasteiger partial charge in [-0.2, -0.15) is 0 Å². The minimum absolute atomic E-state index is 0.0606. The monoisotopic (exact) mass is 457 g/mol. The van der Waals surface area contributed by atoms with E-state index in [2.05, 4.69) is 20.0 Å². The van der Waals surface area contributed by atoms with Gasteiger partial charge in [0.2, 0.25) is 0 Å². The maximum absolute atomic E-state index is 13.6. The van der Waals surface area contributed by atoms with Crippen LogP contribution in [0, 0.1) is 0 Å². The van der Waals surface area contributed by atoms with E-state index >= 15 is 0 Å². The number of amides is 2. The molecule has 1 unspecified atom stereocenters. The molecule has 1 N–H and O–H groups in total. The Labute approximate surface area is 196 Å². The van der Waals surface area contributed by atoms with Crippen molar-refractivity contribution < 1.29 is 19.1 Å². The molecule has 3 aromatic heterocycles. The first kappa shape index (κ1) is 21.6. The first-order valence-corrected chi connectivity index (χ1v) is 10.8. The largest absolute Gasteiger partial charge is 0.453 e. The van der Waals surface area contributed by atoms with E-state index < -0.39 is 6.09 Å². The number of hydrogen-bond acceptors (Lipinski definition) is 6. The van der Waals surface area contributed by atoms with Crippen molar-refractivity contribution in [2.24, 2.45) is 0 Å². The van der Waals surface area contributed by atoms with Crippen molar-refractivity contribution in [2.75, 3.05) is 31.0 Å². The van der Waals surface area contributed by atoms with Gasteiger partial charge in [-0.3, -0.25) is 14.5 Å². The van der Waals surface area contributed by atoms with Gasteiger partial charge < -0.3 is 14.4 Å². The molecular weight excluding hydrogens is 434 g/mol. The predicted octanol–water partition coefficient (Wildman–Crippen LogP) is 3.79. The molecule has 9 nitrogen and oxygen atoms in total. The van der Waals surface area contributed by atoms with Crippen molar-refractivity contribution in [3.05, 3.63) is 78.2 Å². The Bertz CT molecular complexity index is 1370. The molecule has 0 radical (unpaired) electrons. The number of fused-ring (bicyclic) bond motifs is 2. The maximum atomic E-state index is 13.6. The van der Waals surface area contributed by atoms with E-state index in [0.717, 1.165) is 28.9 Å². The fourth-order valence-corrected chi connectivity index (χ4v) is 4.16. The SMILES string of the molecule is COC(=O)Nc1ccc(-c2cnc3ccc(C(=O)N4CC(OC)Cc5ccccc54)cn23)cn1. The van der Waals surface area contributed by atoms with E-state index in [4.69, 9.17) is 4.74 Å². The normalized spacial score (nSPS) is 15.1. The van der Waals surface area contributed by atoms with E-state index in [1.807, 2.05) is 40.8 Å². The maximum Gasteiger partial charge on any atom is 0.412 e. The van der Waals surface area contributed by atoms with Crippen molar-refractivity contribution in [3.8, 4) is 11.3 Å². The molecule has 0 fully saturated rings. The lowest BCUT2D eigenvalue weighted by Crippen LogP contribution is -2.43. The second-order valence-electron chi connectivity index (χ2n) is 7.94. The van der Waals surface area contributed by atoms with Crippen LogP contribution in [0.5, 0.6) is 0 Å². The number of hydrogen-bond donors (Lipinski definition) is 1. The van der Waals surface area contributed by atoms with Crippen LogP contribution in [-0.4, -0.2) is 53.2 Å². The highest BCUT2D eigenvalue weighted by Crippen LogP contribution is 2.30. The van der Waals surface area contributed by atoms with Crippen molar-refractivity contribution >= 4 is 29.2 Å². The Balaban J connectivity index is 1.48. The number of nitrogens with zero attached hydrogens (tertiary/aromatic N) is 4. The third kappa shape index (κ3) is 3.97. The number of methoxy groups -OCH3 is 2. The molecule has 1 atom stereocenters. The van der Waals surface area contributed by atoms with Crippen molar-refractivity contribution in [3.63, 3.8) is 0 Å². The first-order chi connectivity index (χ1) is 16.6. The number of aromatic nitrogens is 3. The summed E-state index contributed by atoms with van der Waals surface area (Å²) in [6.45, 7) is 0.486. The number of carbonyl (C=O) groups is 2. The second-order valence-corrected chi connectivity index (χ2v) is 7.94. The summed E-state index contributed by atoms with van der Waals surface area (Å²) in [4.78, 5) is 35.5. The van der Waals surface area contributed by atoms with Crippen LogP contribution in [0.1, 0.15) is 15.9 Å². The Hall–Kier alpha value is -4.24. The summed E-state index contributed by atoms with van der Waals surface area (Å²) >= 11 is 0. The molecule has 5 rings (SSSR count). The van der Waals surface area contributed by atoms with Crippen LogP contribution in [0.25, 0.3) is 16.9 Å². The summed E-state index contributed by atoms with van der Waals surface area (Å²) in [5.41, 5.74) is 4.80. The Morgan fingerprint density at radius 1 is 1.03 bits per heavy atom. The highest BCUT2D eigenvalue weighted by molar-refractivity contribution is 6.07. The molecule has 0 spiro atoms. The number of anilines is 2. The van der Waals surface area contributed by atoms with Crippen LogP contribution in [0.15, 0.2) is 67.1 Å². The zero-order chi connectivity index (χ0) is 23.7. The lowest BCUT2D eigenvalue weighted by Gasteiger charge is -2.34. The molecule has 34 heavy (non-hydrogen) atoms. The topological polar surface area (TPSA) is 98.1 Å². The lowest BCUT2D eigenvalue weighted by atomic mass is 9.99. The quantitative estimate of drug-likeness (QED) is 0.501. The van der Waals surface area contributed by atoms with Crippen LogP contribution < -0.4 is 10.2 Å². The minimum atomic E-state index is -0.590. The number of para-hydroxylation sites is 1. The summed E-state index contributed by atoms with van der Waals surface area (Å²) in [7, 11) is 2.96. The number of carbonyl (C=O) groups excluding carboxylic acids is 2. The van der Waals surface area contributed by atoms with Gasteiger partial charge in [-0.1, -0.05) is 18.2 Å². The average Bonchev–Trinajstić information content (AvgIpc) is 3.31. The van der Waals surface area contributed by atoms with Gasteiger partial charge in [0.25, 0.3) is 5.91 Å². The van der Waals surface area contributed by atoms with Gasteiger partial charge in [-0.25, -0.2) is 14.8 Å². The van der Waals surface area contributed by atoms with Gasteiger partial charge in [-0.05, 0) is 35.9 Å². The predicted molar refractivity (Wildman–Crippen MR) is 127 cm³/mol. The molecule has 1 aliphatic heterocycles. The molecule has 172 valence electrons. The summed E-state index contributed by atoms with van der Waals surface area (Å²) in [5, 5.41) is 2.52. The van der Waals surface area contributed by atoms with Gasteiger partial charge in [0.15, 0.2) is 0 Å². The molecule has 1 aliphatic rings. The van der Waals surface area contributed by atoms with Crippen molar-refractivity contribution in [1.29, 1.82) is 0 Å². The Kier molecular flexibility index (Phi) is 5.69.